The summed E-state index contributed by atoms with van der Waals surface area (Å²) in [5.74, 6) is -0.111. The van der Waals surface area contributed by atoms with Gasteiger partial charge in [0.2, 0.25) is 0 Å². The molecule has 0 atom stereocenters. The number of carbonyl (C=O) groups excluding carboxylic acids is 2. The minimum Gasteiger partial charge on any atom is -0.483 e. The number of aryl methyl sites for hydroxylation is 4. The Morgan fingerprint density at radius 3 is 2.29 bits per heavy atom. The standard InChI is InChI=1S/C25H27NO4S/c1-14-9-10-19(11-17(14)4)20-13-31-24(22(20)25(28)29-6)26-21(27)12-30-23-16(3)8-7-15(2)18(23)5/h7-11,13H,12H2,1-6H3,(H,26,27). The number of anilines is 1. The number of ether oxygens (including phenoxy) is 2. The minimum absolute atomic E-state index is 0.150. The van der Waals surface area contributed by atoms with E-state index in [1.807, 2.05) is 70.3 Å². The molecule has 1 aromatic heterocycles. The molecular formula is C25H27NO4S. The van der Waals surface area contributed by atoms with Crippen molar-refractivity contribution < 1.29 is 19.1 Å². The smallest absolute Gasteiger partial charge is 0.341 e. The Morgan fingerprint density at radius 1 is 0.935 bits per heavy atom. The van der Waals surface area contributed by atoms with Gasteiger partial charge in [0.05, 0.1) is 7.11 Å². The highest BCUT2D eigenvalue weighted by Gasteiger charge is 2.23. The fourth-order valence-electron chi connectivity index (χ4n) is 3.32. The highest BCUT2D eigenvalue weighted by atomic mass is 32.1. The number of amides is 1. The van der Waals surface area contributed by atoms with Crippen LogP contribution in [-0.2, 0) is 9.53 Å². The van der Waals surface area contributed by atoms with E-state index in [2.05, 4.69) is 5.32 Å². The summed E-state index contributed by atoms with van der Waals surface area (Å²) in [5.41, 5.74) is 7.38. The summed E-state index contributed by atoms with van der Waals surface area (Å²) in [5, 5.41) is 5.13. The van der Waals surface area contributed by atoms with Crippen LogP contribution in [0.25, 0.3) is 11.1 Å². The van der Waals surface area contributed by atoms with Crippen molar-refractivity contribution in [3.8, 4) is 16.9 Å². The van der Waals surface area contributed by atoms with Crippen LogP contribution in [0.3, 0.4) is 0 Å². The average Bonchev–Trinajstić information content (AvgIpc) is 3.15. The van der Waals surface area contributed by atoms with Gasteiger partial charge in [-0.2, -0.15) is 0 Å². The van der Waals surface area contributed by atoms with Gasteiger partial charge in [-0.3, -0.25) is 4.79 Å². The zero-order chi connectivity index (χ0) is 22.7. The molecule has 0 unspecified atom stereocenters. The number of benzene rings is 2. The Kier molecular flexibility index (Phi) is 6.81. The van der Waals surface area contributed by atoms with Gasteiger partial charge in [0.25, 0.3) is 5.91 Å². The van der Waals surface area contributed by atoms with E-state index in [0.717, 1.165) is 33.4 Å². The van der Waals surface area contributed by atoms with Gasteiger partial charge in [-0.05, 0) is 68.0 Å². The summed E-state index contributed by atoms with van der Waals surface area (Å²) >= 11 is 1.30. The van der Waals surface area contributed by atoms with Crippen molar-refractivity contribution in [3.63, 3.8) is 0 Å². The molecule has 0 fully saturated rings. The van der Waals surface area contributed by atoms with Crippen LogP contribution in [0.2, 0.25) is 0 Å². The van der Waals surface area contributed by atoms with Gasteiger partial charge in [0.15, 0.2) is 6.61 Å². The Bertz CT molecular complexity index is 1150. The number of methoxy groups -OCH3 is 1. The lowest BCUT2D eigenvalue weighted by Crippen LogP contribution is -2.21. The average molecular weight is 438 g/mol. The fraction of sp³-hybridized carbons (Fsp3) is 0.280. The SMILES string of the molecule is COC(=O)c1c(-c2ccc(C)c(C)c2)csc1NC(=O)COc1c(C)ccc(C)c1C. The quantitative estimate of drug-likeness (QED) is 0.498. The first-order valence-corrected chi connectivity index (χ1v) is 10.9. The molecule has 1 heterocycles. The maximum absolute atomic E-state index is 12.6. The van der Waals surface area contributed by atoms with Crippen molar-refractivity contribution in [2.75, 3.05) is 19.0 Å². The third kappa shape index (κ3) is 4.80. The highest BCUT2D eigenvalue weighted by Crippen LogP contribution is 2.37. The Morgan fingerprint density at radius 2 is 1.61 bits per heavy atom. The van der Waals surface area contributed by atoms with Crippen LogP contribution < -0.4 is 10.1 Å². The molecule has 5 nitrogen and oxygen atoms in total. The Balaban J connectivity index is 1.84. The van der Waals surface area contributed by atoms with Crippen LogP contribution in [0.15, 0.2) is 35.7 Å². The second-order valence-corrected chi connectivity index (χ2v) is 8.51. The number of carbonyl (C=O) groups is 2. The van der Waals surface area contributed by atoms with E-state index < -0.39 is 5.97 Å². The van der Waals surface area contributed by atoms with Crippen molar-refractivity contribution in [1.29, 1.82) is 0 Å². The van der Waals surface area contributed by atoms with E-state index in [1.165, 1.54) is 24.0 Å². The maximum atomic E-state index is 12.6. The molecule has 0 aliphatic rings. The van der Waals surface area contributed by atoms with E-state index in [4.69, 9.17) is 9.47 Å². The first kappa shape index (κ1) is 22.6. The van der Waals surface area contributed by atoms with Gasteiger partial charge >= 0.3 is 5.97 Å². The second kappa shape index (κ2) is 9.35. The molecule has 0 radical (unpaired) electrons. The lowest BCUT2D eigenvalue weighted by Gasteiger charge is -2.14. The molecule has 6 heteroatoms. The molecule has 0 spiro atoms. The molecule has 0 saturated heterocycles. The molecule has 0 saturated carbocycles. The summed E-state index contributed by atoms with van der Waals surface area (Å²) in [6.07, 6.45) is 0. The van der Waals surface area contributed by atoms with Crippen LogP contribution in [0.1, 0.15) is 38.2 Å². The van der Waals surface area contributed by atoms with Crippen LogP contribution in [0, 0.1) is 34.6 Å². The van der Waals surface area contributed by atoms with Gasteiger partial charge in [-0.15, -0.1) is 11.3 Å². The summed E-state index contributed by atoms with van der Waals surface area (Å²) in [7, 11) is 1.34. The molecule has 1 amide bonds. The van der Waals surface area contributed by atoms with Crippen molar-refractivity contribution in [1.82, 2.24) is 0 Å². The molecule has 0 aliphatic heterocycles. The molecule has 2 aromatic carbocycles. The van der Waals surface area contributed by atoms with E-state index in [1.54, 1.807) is 0 Å². The third-order valence-corrected chi connectivity index (χ3v) is 6.37. The van der Waals surface area contributed by atoms with Crippen molar-refractivity contribution >= 4 is 28.2 Å². The normalized spacial score (nSPS) is 10.6. The summed E-state index contributed by atoms with van der Waals surface area (Å²) in [6, 6.07) is 10.0. The highest BCUT2D eigenvalue weighted by molar-refractivity contribution is 7.15. The maximum Gasteiger partial charge on any atom is 0.341 e. The van der Waals surface area contributed by atoms with Crippen LogP contribution in [0.5, 0.6) is 5.75 Å². The molecule has 0 aliphatic carbocycles. The van der Waals surface area contributed by atoms with Crippen LogP contribution >= 0.6 is 11.3 Å². The zero-order valence-corrected chi connectivity index (χ0v) is 19.5. The van der Waals surface area contributed by atoms with E-state index in [0.29, 0.717) is 16.3 Å². The first-order chi connectivity index (χ1) is 14.7. The Labute approximate surface area is 187 Å². The summed E-state index contributed by atoms with van der Waals surface area (Å²) in [6.45, 7) is 9.84. The number of thiophene rings is 1. The fourth-order valence-corrected chi connectivity index (χ4v) is 4.30. The zero-order valence-electron chi connectivity index (χ0n) is 18.7. The summed E-state index contributed by atoms with van der Waals surface area (Å²) < 4.78 is 10.8. The number of esters is 1. The van der Waals surface area contributed by atoms with Crippen molar-refractivity contribution in [2.45, 2.75) is 34.6 Å². The van der Waals surface area contributed by atoms with Crippen LogP contribution in [0.4, 0.5) is 5.00 Å². The monoisotopic (exact) mass is 437 g/mol. The van der Waals surface area contributed by atoms with Crippen molar-refractivity contribution in [3.05, 3.63) is 69.1 Å². The predicted octanol–water partition coefficient (Wildman–Crippen LogP) is 5.76. The molecule has 3 aromatic rings. The van der Waals surface area contributed by atoms with E-state index in [-0.39, 0.29) is 12.5 Å². The number of nitrogens with one attached hydrogen (secondary N) is 1. The van der Waals surface area contributed by atoms with E-state index >= 15 is 0 Å². The Hall–Kier alpha value is -3.12. The number of hydrogen-bond acceptors (Lipinski definition) is 5. The molecule has 31 heavy (non-hydrogen) atoms. The molecular weight excluding hydrogens is 410 g/mol. The van der Waals surface area contributed by atoms with Gasteiger partial charge in [-0.1, -0.05) is 30.3 Å². The second-order valence-electron chi connectivity index (χ2n) is 7.63. The lowest BCUT2D eigenvalue weighted by atomic mass is 9.99. The van der Waals surface area contributed by atoms with Gasteiger partial charge in [0.1, 0.15) is 16.3 Å². The number of rotatable bonds is 6. The predicted molar refractivity (Wildman–Crippen MR) is 125 cm³/mol. The minimum atomic E-state index is -0.490. The first-order valence-electron chi connectivity index (χ1n) is 9.99. The molecule has 162 valence electrons. The van der Waals surface area contributed by atoms with Gasteiger partial charge in [-0.25, -0.2) is 4.79 Å². The molecule has 0 bridgehead atoms. The molecule has 3 rings (SSSR count). The van der Waals surface area contributed by atoms with Crippen LogP contribution in [-0.4, -0.2) is 25.6 Å². The molecule has 1 N–H and O–H groups in total. The third-order valence-electron chi connectivity index (χ3n) is 5.47. The largest absolute Gasteiger partial charge is 0.483 e. The van der Waals surface area contributed by atoms with E-state index in [9.17, 15) is 9.59 Å². The summed E-state index contributed by atoms with van der Waals surface area (Å²) in [4.78, 5) is 25.2. The lowest BCUT2D eigenvalue weighted by molar-refractivity contribution is -0.118. The van der Waals surface area contributed by atoms with Gasteiger partial charge < -0.3 is 14.8 Å². The topological polar surface area (TPSA) is 64.6 Å². The number of hydrogen-bond donors (Lipinski definition) is 1. The van der Waals surface area contributed by atoms with Crippen molar-refractivity contribution in [2.24, 2.45) is 0 Å². The van der Waals surface area contributed by atoms with Gasteiger partial charge in [0, 0.05) is 10.9 Å².